The summed E-state index contributed by atoms with van der Waals surface area (Å²) in [4.78, 5) is 15.5. The second kappa shape index (κ2) is 14.8. The summed E-state index contributed by atoms with van der Waals surface area (Å²) in [6.45, 7) is 0. The smallest absolute Gasteiger partial charge is 0.164 e. The van der Waals surface area contributed by atoms with Gasteiger partial charge in [-0.15, -0.1) is 11.3 Å². The van der Waals surface area contributed by atoms with Gasteiger partial charge in [-0.05, 0) is 79.5 Å². The lowest BCUT2D eigenvalue weighted by atomic mass is 9.91. The zero-order valence-electron chi connectivity index (χ0n) is 32.0. The molecule has 0 spiro atoms. The van der Waals surface area contributed by atoms with E-state index in [9.17, 15) is 0 Å². The van der Waals surface area contributed by atoms with Gasteiger partial charge in [0.15, 0.2) is 17.5 Å². The quantitative estimate of drug-likeness (QED) is 0.162. The summed E-state index contributed by atoms with van der Waals surface area (Å²) in [6.07, 6.45) is 0. The molecule has 0 saturated carbocycles. The number of rotatable bonds is 7. The highest BCUT2D eigenvalue weighted by atomic mass is 32.1. The monoisotopic (exact) mass is 769 g/mol. The summed E-state index contributed by atoms with van der Waals surface area (Å²) in [7, 11) is 0. The van der Waals surface area contributed by atoms with Crippen molar-refractivity contribution in [2.75, 3.05) is 0 Å². The third-order valence-corrected chi connectivity index (χ3v) is 12.3. The number of aromatic nitrogens is 3. The molecule has 0 radical (unpaired) electrons. The molecule has 11 aromatic rings. The Morgan fingerprint density at radius 3 is 1.47 bits per heavy atom. The maximum Gasteiger partial charge on any atom is 0.164 e. The van der Waals surface area contributed by atoms with E-state index < -0.39 is 0 Å². The van der Waals surface area contributed by atoms with Crippen molar-refractivity contribution in [1.82, 2.24) is 15.0 Å². The van der Waals surface area contributed by atoms with Gasteiger partial charge in [0, 0.05) is 36.9 Å². The molecular weight excluding hydrogens is 735 g/mol. The predicted octanol–water partition coefficient (Wildman–Crippen LogP) is 15.1. The number of thiophene rings is 1. The highest BCUT2D eigenvalue weighted by Crippen LogP contribution is 2.41. The first kappa shape index (κ1) is 34.7. The molecule has 276 valence electrons. The normalized spacial score (nSPS) is 11.4. The van der Waals surface area contributed by atoms with E-state index in [4.69, 9.17) is 15.0 Å². The van der Waals surface area contributed by atoms with Crippen LogP contribution in [0.25, 0.3) is 110 Å². The molecule has 0 amide bonds. The molecule has 11 rings (SSSR count). The summed E-state index contributed by atoms with van der Waals surface area (Å²) >= 11 is 1.85. The zero-order valence-corrected chi connectivity index (χ0v) is 32.8. The van der Waals surface area contributed by atoms with Crippen LogP contribution in [0.15, 0.2) is 212 Å². The van der Waals surface area contributed by atoms with Gasteiger partial charge in [-0.25, -0.2) is 15.0 Å². The number of hydrogen-bond acceptors (Lipinski definition) is 4. The van der Waals surface area contributed by atoms with Gasteiger partial charge >= 0.3 is 0 Å². The van der Waals surface area contributed by atoms with Gasteiger partial charge in [-0.1, -0.05) is 188 Å². The molecule has 0 saturated heterocycles. The largest absolute Gasteiger partial charge is 0.208 e. The minimum atomic E-state index is 0.626. The predicted molar refractivity (Wildman–Crippen MR) is 248 cm³/mol. The van der Waals surface area contributed by atoms with Crippen molar-refractivity contribution < 1.29 is 0 Å². The van der Waals surface area contributed by atoms with Crippen molar-refractivity contribution in [2.24, 2.45) is 0 Å². The van der Waals surface area contributed by atoms with Crippen LogP contribution in [0.5, 0.6) is 0 Å². The molecule has 0 fully saturated rings. The van der Waals surface area contributed by atoms with Gasteiger partial charge in [-0.3, -0.25) is 0 Å². The third-order valence-electron chi connectivity index (χ3n) is 11.2. The Morgan fingerprint density at radius 2 is 0.729 bits per heavy atom. The van der Waals surface area contributed by atoms with E-state index >= 15 is 0 Å². The Labute approximate surface area is 346 Å². The second-order valence-corrected chi connectivity index (χ2v) is 15.8. The van der Waals surface area contributed by atoms with Crippen LogP contribution in [-0.2, 0) is 0 Å². The summed E-state index contributed by atoms with van der Waals surface area (Å²) in [5, 5.41) is 5.07. The van der Waals surface area contributed by atoms with Crippen molar-refractivity contribution in [1.29, 1.82) is 0 Å². The molecule has 0 N–H and O–H groups in total. The van der Waals surface area contributed by atoms with E-state index in [1.54, 1.807) is 0 Å². The molecule has 2 aromatic heterocycles. The van der Waals surface area contributed by atoms with Crippen molar-refractivity contribution in [3.8, 4) is 78.7 Å². The fourth-order valence-corrected chi connectivity index (χ4v) is 9.35. The molecule has 9 aromatic carbocycles. The maximum atomic E-state index is 5.18. The van der Waals surface area contributed by atoms with E-state index in [2.05, 4.69) is 194 Å². The highest BCUT2D eigenvalue weighted by Gasteiger charge is 2.17. The summed E-state index contributed by atoms with van der Waals surface area (Å²) < 4.78 is 2.64. The Kier molecular flexibility index (Phi) is 8.68. The van der Waals surface area contributed by atoms with Crippen LogP contribution in [0.4, 0.5) is 0 Å². The Bertz CT molecular complexity index is 3320. The lowest BCUT2D eigenvalue weighted by Gasteiger charge is -2.14. The second-order valence-electron chi connectivity index (χ2n) is 14.8. The summed E-state index contributed by atoms with van der Waals surface area (Å²) in [5.74, 6) is 1.89. The van der Waals surface area contributed by atoms with Gasteiger partial charge < -0.3 is 0 Å². The summed E-state index contributed by atoms with van der Waals surface area (Å²) in [6, 6.07) is 75.2. The Morgan fingerprint density at radius 1 is 0.237 bits per heavy atom. The molecule has 59 heavy (non-hydrogen) atoms. The van der Waals surface area contributed by atoms with Crippen molar-refractivity contribution >= 4 is 42.3 Å². The van der Waals surface area contributed by atoms with E-state index in [1.807, 2.05) is 29.5 Å². The van der Waals surface area contributed by atoms with Crippen molar-refractivity contribution in [3.63, 3.8) is 0 Å². The number of hydrogen-bond donors (Lipinski definition) is 0. The Balaban J connectivity index is 1.01. The average Bonchev–Trinajstić information content (AvgIpc) is 3.70. The first-order valence-electron chi connectivity index (χ1n) is 19.8. The molecule has 0 unspecified atom stereocenters. The van der Waals surface area contributed by atoms with E-state index in [-0.39, 0.29) is 0 Å². The van der Waals surface area contributed by atoms with E-state index in [0.717, 1.165) is 44.5 Å². The number of fused-ring (bicyclic) bond motifs is 4. The van der Waals surface area contributed by atoms with E-state index in [1.165, 1.54) is 47.6 Å². The number of benzene rings is 9. The van der Waals surface area contributed by atoms with E-state index in [0.29, 0.717) is 17.5 Å². The standard InChI is InChI=1S/C55H35N3S/c1-3-14-36(15-4-1)40-18-13-19-42(34-40)54-56-53(57-55(58-54)49-24-10-7-20-43(49)37-16-5-2-6-17-37)39-28-26-38(27-29-39)44-31-32-45(47-22-9-8-21-46(44)47)41-30-33-52-50(35-41)48-23-11-12-25-51(48)59-52/h1-35H. The van der Waals surface area contributed by atoms with Crippen LogP contribution < -0.4 is 0 Å². The molecule has 3 nitrogen and oxygen atoms in total. The highest BCUT2D eigenvalue weighted by molar-refractivity contribution is 7.25. The van der Waals surface area contributed by atoms with Crippen LogP contribution in [0, 0.1) is 0 Å². The fourth-order valence-electron chi connectivity index (χ4n) is 8.27. The van der Waals surface area contributed by atoms with Gasteiger partial charge in [0.1, 0.15) is 0 Å². The van der Waals surface area contributed by atoms with Gasteiger partial charge in [-0.2, -0.15) is 0 Å². The molecule has 0 bridgehead atoms. The fraction of sp³-hybridized carbons (Fsp3) is 0. The summed E-state index contributed by atoms with van der Waals surface area (Å²) in [5.41, 5.74) is 12.0. The molecule has 0 aliphatic heterocycles. The number of nitrogens with zero attached hydrogens (tertiary/aromatic N) is 3. The first-order valence-corrected chi connectivity index (χ1v) is 20.7. The first-order chi connectivity index (χ1) is 29.2. The van der Waals surface area contributed by atoms with Crippen LogP contribution in [-0.4, -0.2) is 15.0 Å². The Hall–Kier alpha value is -7.53. The zero-order chi connectivity index (χ0) is 39.1. The SMILES string of the molecule is c1ccc(-c2cccc(-c3nc(-c4ccc(-c5ccc(-c6ccc7sc8ccccc8c7c6)c6ccccc56)cc4)nc(-c4ccccc4-c4ccccc4)n3)c2)cc1. The molecular formula is C55H35N3S. The van der Waals surface area contributed by atoms with Crippen LogP contribution in [0.3, 0.4) is 0 Å². The molecule has 0 aliphatic carbocycles. The molecule has 0 aliphatic rings. The lowest BCUT2D eigenvalue weighted by Crippen LogP contribution is -2.01. The average molecular weight is 770 g/mol. The maximum absolute atomic E-state index is 5.18. The van der Waals surface area contributed by atoms with Crippen LogP contribution >= 0.6 is 11.3 Å². The minimum absolute atomic E-state index is 0.626. The molecule has 4 heteroatoms. The van der Waals surface area contributed by atoms with Gasteiger partial charge in [0.05, 0.1) is 0 Å². The topological polar surface area (TPSA) is 38.7 Å². The van der Waals surface area contributed by atoms with Gasteiger partial charge in [0.25, 0.3) is 0 Å². The van der Waals surface area contributed by atoms with Crippen molar-refractivity contribution in [3.05, 3.63) is 212 Å². The lowest BCUT2D eigenvalue weighted by molar-refractivity contribution is 1.07. The third kappa shape index (κ3) is 6.46. The van der Waals surface area contributed by atoms with Crippen LogP contribution in [0.2, 0.25) is 0 Å². The molecule has 0 atom stereocenters. The van der Waals surface area contributed by atoms with Gasteiger partial charge in [0.2, 0.25) is 0 Å². The minimum Gasteiger partial charge on any atom is -0.208 e. The van der Waals surface area contributed by atoms with Crippen LogP contribution in [0.1, 0.15) is 0 Å². The van der Waals surface area contributed by atoms with Crippen molar-refractivity contribution in [2.45, 2.75) is 0 Å². The molecule has 2 heterocycles.